The molecule has 0 atom stereocenters. The molecule has 1 heterocycles. The Morgan fingerprint density at radius 1 is 0.946 bits per heavy atom. The summed E-state index contributed by atoms with van der Waals surface area (Å²) in [5.41, 5.74) is 0.507. The van der Waals surface area contributed by atoms with E-state index >= 15 is 0 Å². The van der Waals surface area contributed by atoms with E-state index < -0.39 is 35.8 Å². The first-order valence-electron chi connectivity index (χ1n) is 12.2. The minimum Gasteiger partial charge on any atom is -0.452 e. The number of carbonyl (C=O) groups excluding carboxylic acids is 4. The molecular weight excluding hydrogens is 470 g/mol. The summed E-state index contributed by atoms with van der Waals surface area (Å²) in [6.07, 6.45) is 4.00. The number of benzene rings is 3. The zero-order chi connectivity index (χ0) is 26.2. The number of esters is 1. The Bertz CT molecular complexity index is 1410. The molecule has 0 N–H and O–H groups in total. The second kappa shape index (κ2) is 9.51. The molecule has 1 aliphatic heterocycles. The average Bonchev–Trinajstić information content (AvgIpc) is 2.94. The number of amides is 3. The minimum atomic E-state index is -0.861. The summed E-state index contributed by atoms with van der Waals surface area (Å²) in [4.78, 5) is 54.2. The minimum absolute atomic E-state index is 0.172. The quantitative estimate of drug-likeness (QED) is 0.381. The lowest BCUT2D eigenvalue weighted by molar-refractivity contribution is -0.138. The first-order valence-corrected chi connectivity index (χ1v) is 12.2. The van der Waals surface area contributed by atoms with Gasteiger partial charge in [0.25, 0.3) is 17.7 Å². The Balaban J connectivity index is 1.29. The van der Waals surface area contributed by atoms with Crippen LogP contribution in [0.1, 0.15) is 63.2 Å². The fraction of sp³-hybridized carbons (Fsp3) is 0.276. The fourth-order valence-corrected chi connectivity index (χ4v) is 5.22. The van der Waals surface area contributed by atoms with E-state index in [2.05, 4.69) is 6.07 Å². The maximum Gasteiger partial charge on any atom is 0.338 e. The number of likely N-dealkylation sites (N-methyl/N-ethyl adjacent to an activating group) is 1. The number of nitrogens with zero attached hydrogens (tertiary/aromatic N) is 3. The zero-order valence-corrected chi connectivity index (χ0v) is 20.4. The molecule has 186 valence electrons. The van der Waals surface area contributed by atoms with Crippen LogP contribution in [-0.2, 0) is 9.53 Å². The Morgan fingerprint density at radius 3 is 2.11 bits per heavy atom. The highest BCUT2D eigenvalue weighted by Crippen LogP contribution is 2.34. The first-order chi connectivity index (χ1) is 17.9. The van der Waals surface area contributed by atoms with Gasteiger partial charge in [0.1, 0.15) is 5.54 Å². The van der Waals surface area contributed by atoms with Gasteiger partial charge in [-0.25, -0.2) is 9.69 Å². The lowest BCUT2D eigenvalue weighted by atomic mass is 9.81. The number of imide groups is 1. The van der Waals surface area contributed by atoms with E-state index in [0.717, 1.165) is 29.5 Å². The second-order valence-corrected chi connectivity index (χ2v) is 9.43. The SMILES string of the molecule is CN(C(=O)COC(=O)c1ccc(N2C(=O)c3cccc4cccc(c34)C2=O)cc1)C1(C#N)CCCCC1. The van der Waals surface area contributed by atoms with Crippen LogP contribution in [0, 0.1) is 11.3 Å². The van der Waals surface area contributed by atoms with Crippen molar-refractivity contribution in [3.63, 3.8) is 0 Å². The van der Waals surface area contributed by atoms with E-state index in [0.29, 0.717) is 35.0 Å². The van der Waals surface area contributed by atoms with E-state index in [4.69, 9.17) is 4.74 Å². The first kappa shape index (κ1) is 24.2. The van der Waals surface area contributed by atoms with Gasteiger partial charge < -0.3 is 9.64 Å². The molecule has 3 aromatic rings. The third kappa shape index (κ3) is 4.12. The predicted molar refractivity (Wildman–Crippen MR) is 136 cm³/mol. The lowest BCUT2D eigenvalue weighted by Gasteiger charge is -2.38. The number of hydrogen-bond donors (Lipinski definition) is 0. The van der Waals surface area contributed by atoms with Crippen molar-refractivity contribution < 1.29 is 23.9 Å². The van der Waals surface area contributed by atoms with Crippen LogP contribution < -0.4 is 4.90 Å². The van der Waals surface area contributed by atoms with Gasteiger partial charge in [-0.1, -0.05) is 43.5 Å². The molecule has 0 bridgehead atoms. The Morgan fingerprint density at radius 2 is 1.54 bits per heavy atom. The predicted octanol–water partition coefficient (Wildman–Crippen LogP) is 4.48. The number of carbonyl (C=O) groups is 4. The van der Waals surface area contributed by atoms with Crippen molar-refractivity contribution in [2.24, 2.45) is 0 Å². The van der Waals surface area contributed by atoms with E-state index in [1.807, 2.05) is 12.1 Å². The van der Waals surface area contributed by atoms with Crippen LogP contribution in [0.5, 0.6) is 0 Å². The summed E-state index contributed by atoms with van der Waals surface area (Å²) >= 11 is 0. The molecule has 8 nitrogen and oxygen atoms in total. The van der Waals surface area contributed by atoms with Gasteiger partial charge in [-0.15, -0.1) is 0 Å². The van der Waals surface area contributed by atoms with E-state index in [-0.39, 0.29) is 5.56 Å². The average molecular weight is 496 g/mol. The number of rotatable bonds is 5. The molecule has 0 saturated heterocycles. The van der Waals surface area contributed by atoms with Crippen molar-refractivity contribution in [3.05, 3.63) is 77.4 Å². The van der Waals surface area contributed by atoms with Crippen LogP contribution in [0.25, 0.3) is 10.8 Å². The highest BCUT2D eigenvalue weighted by atomic mass is 16.5. The van der Waals surface area contributed by atoms with E-state index in [1.165, 1.54) is 29.2 Å². The molecule has 3 amide bonds. The van der Waals surface area contributed by atoms with Gasteiger partial charge in [0.15, 0.2) is 6.61 Å². The molecule has 2 aliphatic rings. The number of nitriles is 1. The van der Waals surface area contributed by atoms with Crippen molar-refractivity contribution in [2.75, 3.05) is 18.6 Å². The molecule has 0 spiro atoms. The molecular formula is C29H25N3O5. The summed E-state index contributed by atoms with van der Waals surface area (Å²) in [6.45, 7) is -0.482. The highest BCUT2D eigenvalue weighted by molar-refractivity contribution is 6.35. The maximum atomic E-state index is 13.2. The van der Waals surface area contributed by atoms with Gasteiger partial charge in [0.2, 0.25) is 0 Å². The van der Waals surface area contributed by atoms with Crippen molar-refractivity contribution in [3.8, 4) is 6.07 Å². The Labute approximate surface area is 214 Å². The second-order valence-electron chi connectivity index (χ2n) is 9.43. The summed E-state index contributed by atoms with van der Waals surface area (Å²) in [7, 11) is 1.57. The standard InChI is InChI=1S/C29H25N3O5/c1-31(29(18-30)15-3-2-4-16-29)24(33)17-37-28(36)20-11-13-21(14-12-20)32-26(34)22-9-5-7-19-8-6-10-23(25(19)22)27(32)35/h5-14H,2-4,15-17H2,1H3. The number of ether oxygens (including phenoxy) is 1. The molecule has 1 fully saturated rings. The third-order valence-electron chi connectivity index (χ3n) is 7.36. The Kier molecular flexibility index (Phi) is 6.22. The molecule has 1 saturated carbocycles. The number of hydrogen-bond acceptors (Lipinski definition) is 6. The van der Waals surface area contributed by atoms with Crippen LogP contribution >= 0.6 is 0 Å². The molecule has 5 rings (SSSR count). The van der Waals surface area contributed by atoms with Crippen molar-refractivity contribution in [1.29, 1.82) is 5.26 Å². The number of anilines is 1. The fourth-order valence-electron chi connectivity index (χ4n) is 5.22. The topological polar surface area (TPSA) is 108 Å². The molecule has 8 heteroatoms. The summed E-state index contributed by atoms with van der Waals surface area (Å²) in [5.74, 6) is -2.03. The monoisotopic (exact) mass is 495 g/mol. The molecule has 37 heavy (non-hydrogen) atoms. The van der Waals surface area contributed by atoms with Crippen molar-refractivity contribution in [2.45, 2.75) is 37.6 Å². The molecule has 1 aliphatic carbocycles. The van der Waals surface area contributed by atoms with Crippen LogP contribution in [-0.4, -0.2) is 47.8 Å². The largest absolute Gasteiger partial charge is 0.452 e. The van der Waals surface area contributed by atoms with E-state index in [1.54, 1.807) is 31.3 Å². The smallest absolute Gasteiger partial charge is 0.338 e. The molecule has 0 unspecified atom stereocenters. The molecule has 0 radical (unpaired) electrons. The third-order valence-corrected chi connectivity index (χ3v) is 7.36. The van der Waals surface area contributed by atoms with E-state index in [9.17, 15) is 24.4 Å². The summed E-state index contributed by atoms with van der Waals surface area (Å²) in [5, 5.41) is 11.1. The summed E-state index contributed by atoms with van der Waals surface area (Å²) in [6, 6.07) is 18.8. The van der Waals surface area contributed by atoms with Crippen molar-refractivity contribution in [1.82, 2.24) is 4.90 Å². The van der Waals surface area contributed by atoms with Crippen LogP contribution in [0.3, 0.4) is 0 Å². The van der Waals surface area contributed by atoms with Crippen molar-refractivity contribution >= 4 is 40.2 Å². The highest BCUT2D eigenvalue weighted by Gasteiger charge is 2.39. The lowest BCUT2D eigenvalue weighted by Crippen LogP contribution is -2.51. The summed E-state index contributed by atoms with van der Waals surface area (Å²) < 4.78 is 5.22. The normalized spacial score (nSPS) is 16.3. The van der Waals surface area contributed by atoms with Gasteiger partial charge in [-0.2, -0.15) is 5.26 Å². The zero-order valence-electron chi connectivity index (χ0n) is 20.4. The van der Waals surface area contributed by atoms with Gasteiger partial charge >= 0.3 is 5.97 Å². The van der Waals surface area contributed by atoms with Gasteiger partial charge in [-0.3, -0.25) is 14.4 Å². The Hall–Kier alpha value is -4.51. The van der Waals surface area contributed by atoms with Gasteiger partial charge in [0, 0.05) is 23.6 Å². The van der Waals surface area contributed by atoms with Crippen LogP contribution in [0.4, 0.5) is 5.69 Å². The van der Waals surface area contributed by atoms with Gasteiger partial charge in [0.05, 0.1) is 17.3 Å². The van der Waals surface area contributed by atoms with Crippen LogP contribution in [0.15, 0.2) is 60.7 Å². The van der Waals surface area contributed by atoms with Crippen LogP contribution in [0.2, 0.25) is 0 Å². The maximum absolute atomic E-state index is 13.2. The molecule has 3 aromatic carbocycles. The van der Waals surface area contributed by atoms with Gasteiger partial charge in [-0.05, 0) is 54.6 Å². The molecule has 0 aromatic heterocycles.